The van der Waals surface area contributed by atoms with Crippen molar-refractivity contribution in [2.45, 2.75) is 101 Å². The highest BCUT2D eigenvalue weighted by atomic mass is 16.5. The smallest absolute Gasteiger partial charge is 0.246 e. The van der Waals surface area contributed by atoms with E-state index >= 15 is 0 Å². The zero-order chi connectivity index (χ0) is 23.4. The van der Waals surface area contributed by atoms with Crippen molar-refractivity contribution in [2.75, 3.05) is 13.2 Å². The first-order valence-electron chi connectivity index (χ1n) is 13.4. The summed E-state index contributed by atoms with van der Waals surface area (Å²) in [6.45, 7) is 1.26. The molecule has 34 heavy (non-hydrogen) atoms. The molecule has 0 spiro atoms. The molecule has 6 nitrogen and oxygen atoms in total. The lowest BCUT2D eigenvalue weighted by Gasteiger charge is -2.46. The third-order valence-electron chi connectivity index (χ3n) is 8.29. The minimum Gasteiger partial charge on any atom is -0.376 e. The monoisotopic (exact) mass is 465 g/mol. The standard InChI is InChI=1S/C28H39N3O3/c32-26(18-21-19-29-25-14-6-5-13-24(21)25)31(20-23-12-9-17-34-23)28(15-7-2-8-16-28)27(33)30-22-10-3-1-4-11-22/h5-6,13-14,19,22-23,29H,1-4,7-12,15-18,20H2,(H,30,33)/t23-/m1/s1. The fourth-order valence-electron chi connectivity index (χ4n) is 6.37. The molecule has 1 saturated heterocycles. The maximum atomic E-state index is 14.0. The normalized spacial score (nSPS) is 23.1. The summed E-state index contributed by atoms with van der Waals surface area (Å²) >= 11 is 0. The average molecular weight is 466 g/mol. The number of aromatic amines is 1. The number of fused-ring (bicyclic) bond motifs is 1. The number of H-pyrrole nitrogens is 1. The number of aromatic nitrogens is 1. The Labute approximate surface area is 202 Å². The van der Waals surface area contributed by atoms with E-state index in [2.05, 4.69) is 16.4 Å². The lowest BCUT2D eigenvalue weighted by atomic mass is 9.78. The molecule has 6 heteroatoms. The largest absolute Gasteiger partial charge is 0.376 e. The van der Waals surface area contributed by atoms with Crippen molar-refractivity contribution in [1.82, 2.24) is 15.2 Å². The number of carbonyl (C=O) groups excluding carboxylic acids is 2. The molecule has 0 radical (unpaired) electrons. The van der Waals surface area contributed by atoms with Crippen LogP contribution >= 0.6 is 0 Å². The zero-order valence-electron chi connectivity index (χ0n) is 20.3. The Morgan fingerprint density at radius 3 is 2.53 bits per heavy atom. The predicted octanol–water partition coefficient (Wildman–Crippen LogP) is 4.87. The van der Waals surface area contributed by atoms with Crippen LogP contribution < -0.4 is 5.32 Å². The van der Waals surface area contributed by atoms with Gasteiger partial charge in [0.2, 0.25) is 11.8 Å². The first-order valence-corrected chi connectivity index (χ1v) is 13.4. The van der Waals surface area contributed by atoms with E-state index in [1.807, 2.05) is 29.3 Å². The number of ether oxygens (including phenoxy) is 1. The van der Waals surface area contributed by atoms with Crippen molar-refractivity contribution in [1.29, 1.82) is 0 Å². The molecule has 1 aromatic heterocycles. The van der Waals surface area contributed by atoms with E-state index in [9.17, 15) is 9.59 Å². The van der Waals surface area contributed by atoms with E-state index in [0.717, 1.165) is 80.9 Å². The van der Waals surface area contributed by atoms with Crippen LogP contribution in [0, 0.1) is 0 Å². The SMILES string of the molecule is O=C(Cc1c[nH]c2ccccc12)N(C[C@H]1CCCO1)C1(C(=O)NC2CCCCC2)CCCCC1. The minimum atomic E-state index is -0.759. The van der Waals surface area contributed by atoms with E-state index in [1.54, 1.807) is 0 Å². The number of carbonyl (C=O) groups is 2. The number of benzene rings is 1. The maximum Gasteiger partial charge on any atom is 0.246 e. The second-order valence-corrected chi connectivity index (χ2v) is 10.6. The lowest BCUT2D eigenvalue weighted by Crippen LogP contribution is -2.64. The highest BCUT2D eigenvalue weighted by Crippen LogP contribution is 2.36. The molecule has 5 rings (SSSR count). The number of amides is 2. The van der Waals surface area contributed by atoms with Crippen LogP contribution in [0.2, 0.25) is 0 Å². The molecule has 1 aliphatic heterocycles. The third kappa shape index (κ3) is 4.88. The third-order valence-corrected chi connectivity index (χ3v) is 8.29. The lowest BCUT2D eigenvalue weighted by molar-refractivity contribution is -0.152. The fraction of sp³-hybridized carbons (Fsp3) is 0.643. The van der Waals surface area contributed by atoms with Crippen molar-refractivity contribution < 1.29 is 14.3 Å². The van der Waals surface area contributed by atoms with Gasteiger partial charge >= 0.3 is 0 Å². The van der Waals surface area contributed by atoms with Crippen LogP contribution in [0.15, 0.2) is 30.5 Å². The van der Waals surface area contributed by atoms with E-state index in [0.29, 0.717) is 13.0 Å². The number of hydrogen-bond acceptors (Lipinski definition) is 3. The van der Waals surface area contributed by atoms with Gasteiger partial charge in [-0.05, 0) is 50.2 Å². The molecule has 2 aliphatic carbocycles. The summed E-state index contributed by atoms with van der Waals surface area (Å²) in [5.74, 6) is 0.116. The highest BCUT2D eigenvalue weighted by Gasteiger charge is 2.48. The summed E-state index contributed by atoms with van der Waals surface area (Å²) in [6, 6.07) is 8.35. The van der Waals surface area contributed by atoms with Gasteiger partial charge in [-0.3, -0.25) is 9.59 Å². The molecule has 2 heterocycles. The van der Waals surface area contributed by atoms with Gasteiger partial charge in [0, 0.05) is 36.3 Å². The van der Waals surface area contributed by atoms with Crippen LogP contribution in [0.4, 0.5) is 0 Å². The molecule has 1 aromatic carbocycles. The van der Waals surface area contributed by atoms with Crippen LogP contribution in [-0.2, 0) is 20.7 Å². The Hall–Kier alpha value is -2.34. The van der Waals surface area contributed by atoms with Crippen molar-refractivity contribution in [3.05, 3.63) is 36.0 Å². The summed E-state index contributed by atoms with van der Waals surface area (Å²) in [7, 11) is 0. The maximum absolute atomic E-state index is 14.0. The molecule has 2 amide bonds. The zero-order valence-corrected chi connectivity index (χ0v) is 20.3. The Bertz CT molecular complexity index is 982. The molecular formula is C28H39N3O3. The van der Waals surface area contributed by atoms with E-state index in [1.165, 1.54) is 19.3 Å². The molecule has 2 N–H and O–H groups in total. The second-order valence-electron chi connectivity index (χ2n) is 10.6. The van der Waals surface area contributed by atoms with Gasteiger partial charge in [0.1, 0.15) is 5.54 Å². The molecule has 3 fully saturated rings. The molecule has 184 valence electrons. The summed E-state index contributed by atoms with van der Waals surface area (Å²) in [5.41, 5.74) is 1.28. The second kappa shape index (κ2) is 10.5. The Balaban J connectivity index is 1.43. The minimum absolute atomic E-state index is 0.0215. The number of nitrogens with zero attached hydrogens (tertiary/aromatic N) is 1. The van der Waals surface area contributed by atoms with E-state index in [-0.39, 0.29) is 24.0 Å². The van der Waals surface area contributed by atoms with Crippen molar-refractivity contribution in [3.63, 3.8) is 0 Å². The Kier molecular flexibility index (Phi) is 7.23. The topological polar surface area (TPSA) is 74.4 Å². The van der Waals surface area contributed by atoms with Gasteiger partial charge in [0.25, 0.3) is 0 Å². The van der Waals surface area contributed by atoms with Crippen LogP contribution in [0.3, 0.4) is 0 Å². The highest BCUT2D eigenvalue weighted by molar-refractivity contribution is 5.94. The van der Waals surface area contributed by atoms with E-state index in [4.69, 9.17) is 4.74 Å². The first kappa shape index (κ1) is 23.4. The van der Waals surface area contributed by atoms with E-state index < -0.39 is 5.54 Å². The average Bonchev–Trinajstić information content (AvgIpc) is 3.54. The number of rotatable bonds is 7. The molecule has 0 unspecified atom stereocenters. The summed E-state index contributed by atoms with van der Waals surface area (Å²) in [6.07, 6.45) is 14.6. The van der Waals surface area contributed by atoms with Gasteiger partial charge in [-0.25, -0.2) is 0 Å². The van der Waals surface area contributed by atoms with Crippen molar-refractivity contribution in [2.24, 2.45) is 0 Å². The molecule has 1 atom stereocenters. The van der Waals surface area contributed by atoms with Crippen LogP contribution in [0.5, 0.6) is 0 Å². The summed E-state index contributed by atoms with van der Waals surface area (Å²) in [5, 5.41) is 4.48. The van der Waals surface area contributed by atoms with Gasteiger partial charge in [-0.2, -0.15) is 0 Å². The van der Waals surface area contributed by atoms with Gasteiger partial charge in [-0.1, -0.05) is 56.7 Å². The fourth-order valence-corrected chi connectivity index (χ4v) is 6.37. The van der Waals surface area contributed by atoms with Crippen molar-refractivity contribution >= 4 is 22.7 Å². The molecule has 0 bridgehead atoms. The summed E-state index contributed by atoms with van der Waals surface area (Å²) < 4.78 is 5.97. The molecule has 2 saturated carbocycles. The number of para-hydroxylation sites is 1. The Morgan fingerprint density at radius 1 is 1.00 bits per heavy atom. The summed E-state index contributed by atoms with van der Waals surface area (Å²) in [4.78, 5) is 33.2. The van der Waals surface area contributed by atoms with Crippen LogP contribution in [0.1, 0.15) is 82.6 Å². The van der Waals surface area contributed by atoms with Crippen LogP contribution in [-0.4, -0.2) is 52.5 Å². The quantitative estimate of drug-likeness (QED) is 0.613. The Morgan fingerprint density at radius 2 is 1.76 bits per heavy atom. The van der Waals surface area contributed by atoms with Gasteiger partial charge in [0.15, 0.2) is 0 Å². The molecule has 3 aliphatic rings. The van der Waals surface area contributed by atoms with Gasteiger partial charge in [-0.15, -0.1) is 0 Å². The van der Waals surface area contributed by atoms with Gasteiger partial charge < -0.3 is 19.9 Å². The van der Waals surface area contributed by atoms with Crippen LogP contribution in [0.25, 0.3) is 10.9 Å². The predicted molar refractivity (Wildman–Crippen MR) is 134 cm³/mol. The van der Waals surface area contributed by atoms with Gasteiger partial charge in [0.05, 0.1) is 12.5 Å². The molecule has 2 aromatic rings. The van der Waals surface area contributed by atoms with Crippen molar-refractivity contribution in [3.8, 4) is 0 Å². The number of hydrogen-bond donors (Lipinski definition) is 2. The first-order chi connectivity index (χ1) is 16.7. The molecular weight excluding hydrogens is 426 g/mol. The number of nitrogens with one attached hydrogen (secondary N) is 2.